The third-order valence-electron chi connectivity index (χ3n) is 16.6. The quantitative estimate of drug-likeness (QED) is 0.171. The Bertz CT molecular complexity index is 3200. The lowest BCUT2D eigenvalue weighted by Gasteiger charge is -2.43. The van der Waals surface area contributed by atoms with Crippen molar-refractivity contribution >= 4 is 27.8 Å². The molecule has 1 heteroatoms. The van der Waals surface area contributed by atoms with Crippen LogP contribution in [0.5, 0.6) is 0 Å². The van der Waals surface area contributed by atoms with E-state index in [0.717, 1.165) is 6.42 Å². The third kappa shape index (κ3) is 5.49. The molecule has 1 nitrogen and oxygen atoms in total. The second kappa shape index (κ2) is 13.4. The fourth-order valence-corrected chi connectivity index (χ4v) is 12.8. The van der Waals surface area contributed by atoms with Crippen LogP contribution in [0.15, 0.2) is 164 Å². The lowest BCUT2D eigenvalue weighted by molar-refractivity contribution is 0.332. The van der Waals surface area contributed by atoms with E-state index in [2.05, 4.69) is 224 Å². The van der Waals surface area contributed by atoms with Crippen LogP contribution in [0.25, 0.3) is 44.2 Å². The minimum Gasteiger partial charge on any atom is -0.310 e. The molecule has 4 aliphatic carbocycles. The Morgan fingerprint density at radius 3 is 1.36 bits per heavy atom. The number of benzene rings is 8. The van der Waals surface area contributed by atoms with Gasteiger partial charge in [-0.1, -0.05) is 183 Å². The normalized spacial score (nSPS) is 18.4. The van der Waals surface area contributed by atoms with Gasteiger partial charge in [0.2, 0.25) is 0 Å². The summed E-state index contributed by atoms with van der Waals surface area (Å²) >= 11 is 0. The van der Waals surface area contributed by atoms with Crippen molar-refractivity contribution in [3.63, 3.8) is 0 Å². The summed E-state index contributed by atoms with van der Waals surface area (Å²) in [6, 6.07) is 63.8. The molecule has 0 amide bonds. The number of nitrogens with zero attached hydrogens (tertiary/aromatic N) is 1. The molecule has 64 heavy (non-hydrogen) atoms. The number of rotatable bonds is 4. The van der Waals surface area contributed by atoms with Crippen LogP contribution in [0.2, 0.25) is 0 Å². The highest BCUT2D eigenvalue weighted by molar-refractivity contribution is 6.01. The molecule has 8 aromatic rings. The van der Waals surface area contributed by atoms with Crippen molar-refractivity contribution in [2.24, 2.45) is 0 Å². The van der Waals surface area contributed by atoms with E-state index in [9.17, 15) is 0 Å². The highest BCUT2D eigenvalue weighted by Crippen LogP contribution is 2.64. The van der Waals surface area contributed by atoms with Gasteiger partial charge in [0.05, 0.1) is 11.1 Å². The van der Waals surface area contributed by atoms with Crippen LogP contribution in [-0.2, 0) is 27.1 Å². The van der Waals surface area contributed by atoms with Crippen LogP contribution in [0.4, 0.5) is 17.1 Å². The second-order valence-electron chi connectivity index (χ2n) is 22.2. The Labute approximate surface area is 380 Å². The summed E-state index contributed by atoms with van der Waals surface area (Å²) in [6.45, 7) is 19.6. The Kier molecular flexibility index (Phi) is 8.27. The zero-order valence-corrected chi connectivity index (χ0v) is 38.9. The molecule has 0 aliphatic heterocycles. The van der Waals surface area contributed by atoms with Crippen LogP contribution in [0.1, 0.15) is 126 Å². The van der Waals surface area contributed by atoms with Gasteiger partial charge in [0.25, 0.3) is 0 Å². The molecule has 0 atom stereocenters. The molecule has 316 valence electrons. The first-order valence-electron chi connectivity index (χ1n) is 23.8. The van der Waals surface area contributed by atoms with Crippen LogP contribution in [0.3, 0.4) is 0 Å². The summed E-state index contributed by atoms with van der Waals surface area (Å²) in [7, 11) is 0. The fourth-order valence-electron chi connectivity index (χ4n) is 12.8. The largest absolute Gasteiger partial charge is 0.310 e. The number of hydrogen-bond donors (Lipinski definition) is 0. The summed E-state index contributed by atoms with van der Waals surface area (Å²) in [5.41, 5.74) is 22.7. The monoisotopic (exact) mass is 829 g/mol. The summed E-state index contributed by atoms with van der Waals surface area (Å²) in [5.74, 6) is 0. The van der Waals surface area contributed by atoms with Gasteiger partial charge in [-0.05, 0) is 167 Å². The smallest absolute Gasteiger partial charge is 0.0726 e. The van der Waals surface area contributed by atoms with Gasteiger partial charge in [-0.2, -0.15) is 0 Å². The summed E-state index contributed by atoms with van der Waals surface area (Å²) in [6.07, 6.45) is 4.72. The van der Waals surface area contributed by atoms with Crippen molar-refractivity contribution in [1.29, 1.82) is 0 Å². The zero-order chi connectivity index (χ0) is 44.0. The van der Waals surface area contributed by atoms with Gasteiger partial charge in [0.15, 0.2) is 0 Å². The standard InChI is InChI=1S/C63H59N/c1-59(2)31-33-61(5,6)56-36-42(26-29-53(56)59)48-38-49-47-21-13-16-24-52(47)63(50-22-14-11-19-45(50)46-20-12-15-23-51(46)63)55(49)39-58(48)64(43-27-25-40-17-9-10-18-41(40)35-43)44-28-30-54-57(37-44)62(7,8)34-32-60(54,3)4/h9-30,35-39H,31-34H2,1-8H3. The highest BCUT2D eigenvalue weighted by Gasteiger charge is 2.52. The maximum absolute atomic E-state index is 2.63. The molecule has 0 unspecified atom stereocenters. The first-order chi connectivity index (χ1) is 30.7. The van der Waals surface area contributed by atoms with Crippen LogP contribution in [-0.4, -0.2) is 0 Å². The Morgan fingerprint density at radius 1 is 0.312 bits per heavy atom. The fraction of sp³-hybridized carbons (Fsp3) is 0.270. The molecule has 0 bridgehead atoms. The summed E-state index contributed by atoms with van der Waals surface area (Å²) in [4.78, 5) is 2.62. The minimum atomic E-state index is -0.467. The van der Waals surface area contributed by atoms with Crippen LogP contribution in [0, 0.1) is 0 Å². The lowest BCUT2D eigenvalue weighted by atomic mass is 9.63. The molecule has 4 aliphatic rings. The van der Waals surface area contributed by atoms with Gasteiger partial charge < -0.3 is 4.90 Å². The summed E-state index contributed by atoms with van der Waals surface area (Å²) < 4.78 is 0. The van der Waals surface area contributed by atoms with Gasteiger partial charge in [0.1, 0.15) is 0 Å². The van der Waals surface area contributed by atoms with Crippen LogP contribution >= 0.6 is 0 Å². The van der Waals surface area contributed by atoms with Crippen molar-refractivity contribution in [2.45, 2.75) is 108 Å². The third-order valence-corrected chi connectivity index (χ3v) is 16.6. The first kappa shape index (κ1) is 39.4. The van der Waals surface area contributed by atoms with Gasteiger partial charge >= 0.3 is 0 Å². The molecule has 1 spiro atoms. The topological polar surface area (TPSA) is 3.24 Å². The van der Waals surface area contributed by atoms with E-state index in [1.165, 1.54) is 125 Å². The lowest BCUT2D eigenvalue weighted by Crippen LogP contribution is -2.34. The van der Waals surface area contributed by atoms with E-state index in [4.69, 9.17) is 0 Å². The van der Waals surface area contributed by atoms with E-state index in [1.54, 1.807) is 0 Å². The molecule has 12 rings (SSSR count). The average Bonchev–Trinajstić information content (AvgIpc) is 3.76. The van der Waals surface area contributed by atoms with Crippen molar-refractivity contribution in [3.05, 3.63) is 208 Å². The molecule has 0 saturated carbocycles. The Morgan fingerprint density at radius 2 is 0.766 bits per heavy atom. The maximum Gasteiger partial charge on any atom is 0.0726 e. The van der Waals surface area contributed by atoms with Crippen molar-refractivity contribution in [3.8, 4) is 33.4 Å². The van der Waals surface area contributed by atoms with E-state index < -0.39 is 5.41 Å². The van der Waals surface area contributed by atoms with E-state index in [-0.39, 0.29) is 21.7 Å². The molecule has 8 aromatic carbocycles. The molecular weight excluding hydrogens is 771 g/mol. The molecule has 0 N–H and O–H groups in total. The molecule has 0 saturated heterocycles. The van der Waals surface area contributed by atoms with Crippen molar-refractivity contribution in [1.82, 2.24) is 0 Å². The summed E-state index contributed by atoms with van der Waals surface area (Å²) in [5, 5.41) is 2.49. The number of fused-ring (bicyclic) bond motifs is 13. The van der Waals surface area contributed by atoms with E-state index >= 15 is 0 Å². The Hall–Kier alpha value is -6.18. The predicted molar refractivity (Wildman–Crippen MR) is 271 cm³/mol. The van der Waals surface area contributed by atoms with Crippen LogP contribution < -0.4 is 4.90 Å². The van der Waals surface area contributed by atoms with E-state index in [0.29, 0.717) is 0 Å². The SMILES string of the molecule is CC1(C)CCC(C)(C)c2cc(-c3cc4c(cc3N(c3ccc5c(c3)C(C)(C)CCC5(C)C)c3ccc5ccccc5c3)C3(c5ccccc5-c5ccccc53)c3ccccc3-4)ccc21. The predicted octanol–water partition coefficient (Wildman–Crippen LogP) is 17.0. The van der Waals surface area contributed by atoms with E-state index in [1.807, 2.05) is 0 Å². The molecular formula is C63H59N. The highest BCUT2D eigenvalue weighted by atomic mass is 15.1. The number of anilines is 3. The number of hydrogen-bond acceptors (Lipinski definition) is 1. The van der Waals surface area contributed by atoms with Gasteiger partial charge in [0, 0.05) is 16.9 Å². The van der Waals surface area contributed by atoms with Gasteiger partial charge in [-0.3, -0.25) is 0 Å². The zero-order valence-electron chi connectivity index (χ0n) is 38.9. The first-order valence-corrected chi connectivity index (χ1v) is 23.8. The molecule has 0 aromatic heterocycles. The molecule has 0 radical (unpaired) electrons. The molecule has 0 fully saturated rings. The molecule has 0 heterocycles. The maximum atomic E-state index is 2.63. The second-order valence-corrected chi connectivity index (χ2v) is 22.2. The average molecular weight is 830 g/mol. The van der Waals surface area contributed by atoms with Crippen molar-refractivity contribution < 1.29 is 0 Å². The van der Waals surface area contributed by atoms with Gasteiger partial charge in [-0.15, -0.1) is 0 Å². The minimum absolute atomic E-state index is 0.0521. The van der Waals surface area contributed by atoms with Gasteiger partial charge in [-0.25, -0.2) is 0 Å². The van der Waals surface area contributed by atoms with Crippen molar-refractivity contribution in [2.75, 3.05) is 4.90 Å². The Balaban J connectivity index is 1.22.